The average molecular weight is 342 g/mol. The molecule has 0 radical (unpaired) electrons. The highest BCUT2D eigenvalue weighted by atomic mass is 32.1. The molecular formula is C18H18N2O3S. The van der Waals surface area contributed by atoms with Crippen molar-refractivity contribution in [2.75, 3.05) is 5.06 Å². The topological polar surface area (TPSA) is 49.9 Å². The van der Waals surface area contributed by atoms with Gasteiger partial charge in [0.15, 0.2) is 6.10 Å². The van der Waals surface area contributed by atoms with Crippen LogP contribution in [0.1, 0.15) is 24.8 Å². The van der Waals surface area contributed by atoms with Gasteiger partial charge in [-0.1, -0.05) is 24.3 Å². The van der Waals surface area contributed by atoms with Crippen LogP contribution in [0.2, 0.25) is 0 Å². The summed E-state index contributed by atoms with van der Waals surface area (Å²) in [6.45, 7) is 3.71. The van der Waals surface area contributed by atoms with Crippen LogP contribution in [-0.4, -0.2) is 28.9 Å². The molecule has 3 atom stereocenters. The monoisotopic (exact) mass is 342 g/mol. The van der Waals surface area contributed by atoms with E-state index in [4.69, 9.17) is 4.84 Å². The average Bonchev–Trinajstić information content (AvgIpc) is 3.26. The lowest BCUT2D eigenvalue weighted by molar-refractivity contribution is -0.145. The van der Waals surface area contributed by atoms with E-state index < -0.39 is 12.0 Å². The summed E-state index contributed by atoms with van der Waals surface area (Å²) in [7, 11) is 0. The van der Waals surface area contributed by atoms with Crippen LogP contribution in [0.15, 0.2) is 47.8 Å². The number of hydrogen-bond donors (Lipinski definition) is 0. The zero-order valence-electron chi connectivity index (χ0n) is 13.5. The van der Waals surface area contributed by atoms with E-state index in [1.165, 1.54) is 4.90 Å². The fraction of sp³-hybridized carbons (Fsp3) is 0.333. The number of likely N-dealkylation sites (tertiary alicyclic amines) is 1. The molecule has 0 bridgehead atoms. The van der Waals surface area contributed by atoms with Crippen molar-refractivity contribution >= 4 is 28.8 Å². The van der Waals surface area contributed by atoms with Crippen molar-refractivity contribution in [3.8, 4) is 0 Å². The first-order chi connectivity index (χ1) is 11.6. The van der Waals surface area contributed by atoms with Crippen molar-refractivity contribution in [1.82, 2.24) is 4.90 Å². The van der Waals surface area contributed by atoms with Crippen LogP contribution in [0.5, 0.6) is 0 Å². The Morgan fingerprint density at radius 3 is 2.42 bits per heavy atom. The van der Waals surface area contributed by atoms with E-state index in [0.717, 1.165) is 10.6 Å². The molecule has 2 aromatic rings. The molecule has 1 aromatic carbocycles. The quantitative estimate of drug-likeness (QED) is 0.805. The SMILES string of the molecule is CC(C)N1C(=O)[C@@H]2[C@@H](c3cccs3)N(c3ccccc3)O[C@H]2C1=O. The lowest BCUT2D eigenvalue weighted by atomic mass is 9.95. The molecule has 2 fully saturated rings. The van der Waals surface area contributed by atoms with Crippen molar-refractivity contribution in [1.29, 1.82) is 0 Å². The van der Waals surface area contributed by atoms with Gasteiger partial charge in [0.1, 0.15) is 12.0 Å². The van der Waals surface area contributed by atoms with Crippen molar-refractivity contribution < 1.29 is 14.4 Å². The highest BCUT2D eigenvalue weighted by Crippen LogP contribution is 2.47. The van der Waals surface area contributed by atoms with Gasteiger partial charge in [-0.05, 0) is 37.4 Å². The molecule has 2 aliphatic heterocycles. The molecule has 2 aliphatic rings. The third-order valence-corrected chi connectivity index (χ3v) is 5.45. The molecule has 4 rings (SSSR count). The van der Waals surface area contributed by atoms with Gasteiger partial charge in [0.05, 0.1) is 5.69 Å². The first-order valence-electron chi connectivity index (χ1n) is 8.01. The molecule has 2 amide bonds. The van der Waals surface area contributed by atoms with Crippen LogP contribution in [0, 0.1) is 5.92 Å². The normalized spacial score (nSPS) is 26.5. The molecule has 2 saturated heterocycles. The van der Waals surface area contributed by atoms with E-state index in [0.29, 0.717) is 0 Å². The smallest absolute Gasteiger partial charge is 0.262 e. The van der Waals surface area contributed by atoms with E-state index in [2.05, 4.69) is 0 Å². The maximum atomic E-state index is 12.9. The molecule has 0 unspecified atom stereocenters. The third kappa shape index (κ3) is 2.17. The van der Waals surface area contributed by atoms with E-state index in [1.807, 2.05) is 61.7 Å². The summed E-state index contributed by atoms with van der Waals surface area (Å²) in [5, 5.41) is 3.71. The number of hydrogen-bond acceptors (Lipinski definition) is 5. The second-order valence-corrected chi connectivity index (χ2v) is 7.29. The van der Waals surface area contributed by atoms with Gasteiger partial charge in [-0.2, -0.15) is 0 Å². The van der Waals surface area contributed by atoms with Gasteiger partial charge in [-0.25, -0.2) is 5.06 Å². The number of imide groups is 1. The fourth-order valence-electron chi connectivity index (χ4n) is 3.49. The van der Waals surface area contributed by atoms with Crippen LogP contribution in [0.25, 0.3) is 0 Å². The Hall–Kier alpha value is -2.18. The van der Waals surface area contributed by atoms with Crippen molar-refractivity contribution in [2.24, 2.45) is 5.92 Å². The summed E-state index contributed by atoms with van der Waals surface area (Å²) in [6.07, 6.45) is -0.743. The molecule has 124 valence electrons. The number of fused-ring (bicyclic) bond motifs is 1. The molecule has 3 heterocycles. The predicted octanol–water partition coefficient (Wildman–Crippen LogP) is 3.00. The summed E-state index contributed by atoms with van der Waals surface area (Å²) >= 11 is 1.58. The highest BCUT2D eigenvalue weighted by molar-refractivity contribution is 7.10. The molecule has 0 saturated carbocycles. The summed E-state index contributed by atoms with van der Waals surface area (Å²) < 4.78 is 0. The summed E-state index contributed by atoms with van der Waals surface area (Å²) in [5.74, 6) is -0.879. The van der Waals surface area contributed by atoms with Gasteiger partial charge in [0.25, 0.3) is 5.91 Å². The van der Waals surface area contributed by atoms with Gasteiger partial charge in [0.2, 0.25) is 5.91 Å². The minimum atomic E-state index is -0.743. The first kappa shape index (κ1) is 15.4. The van der Waals surface area contributed by atoms with Crippen LogP contribution in [-0.2, 0) is 14.4 Å². The van der Waals surface area contributed by atoms with Gasteiger partial charge in [-0.3, -0.25) is 19.3 Å². The number of hydroxylamine groups is 1. The van der Waals surface area contributed by atoms with Crippen molar-refractivity contribution in [3.05, 3.63) is 52.7 Å². The molecule has 5 nitrogen and oxygen atoms in total. The maximum Gasteiger partial charge on any atom is 0.262 e. The van der Waals surface area contributed by atoms with Gasteiger partial charge < -0.3 is 0 Å². The molecule has 1 aromatic heterocycles. The number of carbonyl (C=O) groups excluding carboxylic acids is 2. The molecule has 0 spiro atoms. The van der Waals surface area contributed by atoms with Crippen molar-refractivity contribution in [2.45, 2.75) is 32.0 Å². The first-order valence-corrected chi connectivity index (χ1v) is 8.89. The number of thiophene rings is 1. The van der Waals surface area contributed by atoms with E-state index in [-0.39, 0.29) is 23.9 Å². The molecule has 24 heavy (non-hydrogen) atoms. The van der Waals surface area contributed by atoms with Crippen LogP contribution >= 0.6 is 11.3 Å². The zero-order chi connectivity index (χ0) is 16.8. The Morgan fingerprint density at radius 1 is 1.04 bits per heavy atom. The minimum Gasteiger partial charge on any atom is -0.277 e. The lowest BCUT2D eigenvalue weighted by Gasteiger charge is -2.28. The summed E-state index contributed by atoms with van der Waals surface area (Å²) in [5.41, 5.74) is 0.849. The molecule has 6 heteroatoms. The van der Waals surface area contributed by atoms with Gasteiger partial charge in [0, 0.05) is 10.9 Å². The Kier molecular flexibility index (Phi) is 3.66. The second kappa shape index (κ2) is 5.72. The standard InChI is InChI=1S/C18H18N2O3S/c1-11(2)19-17(21)14-15(13-9-6-10-24-13)20(23-16(14)18(19)22)12-7-4-3-5-8-12/h3-11,14-16H,1-2H3/t14-,15-,16-/m1/s1. The summed E-state index contributed by atoms with van der Waals surface area (Å²) in [6, 6.07) is 13.1. The van der Waals surface area contributed by atoms with Crippen molar-refractivity contribution in [3.63, 3.8) is 0 Å². The molecular weight excluding hydrogens is 324 g/mol. The lowest BCUT2D eigenvalue weighted by Crippen LogP contribution is -2.41. The van der Waals surface area contributed by atoms with E-state index >= 15 is 0 Å². The van der Waals surface area contributed by atoms with Crippen LogP contribution in [0.4, 0.5) is 5.69 Å². The summed E-state index contributed by atoms with van der Waals surface area (Å²) in [4.78, 5) is 34.0. The second-order valence-electron chi connectivity index (χ2n) is 6.31. The Labute approximate surface area is 144 Å². The Balaban J connectivity index is 1.78. The number of rotatable bonds is 3. The number of carbonyl (C=O) groups is 2. The fourth-order valence-corrected chi connectivity index (χ4v) is 4.35. The van der Waals surface area contributed by atoms with Gasteiger partial charge in [-0.15, -0.1) is 11.3 Å². The van der Waals surface area contributed by atoms with Crippen LogP contribution in [0.3, 0.4) is 0 Å². The minimum absolute atomic E-state index is 0.142. The highest BCUT2D eigenvalue weighted by Gasteiger charge is 2.60. The Morgan fingerprint density at radius 2 is 1.79 bits per heavy atom. The predicted molar refractivity (Wildman–Crippen MR) is 91.3 cm³/mol. The van der Waals surface area contributed by atoms with Gasteiger partial charge >= 0.3 is 0 Å². The van der Waals surface area contributed by atoms with Crippen LogP contribution < -0.4 is 5.06 Å². The number of anilines is 1. The zero-order valence-corrected chi connectivity index (χ0v) is 14.3. The third-order valence-electron chi connectivity index (χ3n) is 4.51. The number of amides is 2. The number of para-hydroxylation sites is 1. The molecule has 0 N–H and O–H groups in total. The molecule has 0 aliphatic carbocycles. The Bertz CT molecular complexity index is 760. The van der Waals surface area contributed by atoms with E-state index in [9.17, 15) is 9.59 Å². The number of benzene rings is 1. The maximum absolute atomic E-state index is 12.9. The number of nitrogens with zero attached hydrogens (tertiary/aromatic N) is 2. The van der Waals surface area contributed by atoms with E-state index in [1.54, 1.807) is 16.4 Å². The largest absolute Gasteiger partial charge is 0.277 e.